The second-order valence-corrected chi connectivity index (χ2v) is 7.06. The molecule has 1 aliphatic carbocycles. The van der Waals surface area contributed by atoms with Gasteiger partial charge >= 0.3 is 0 Å². The SMILES string of the molecule is Cc1nn(-c2ccc(NCCNC(=O)c3cc(C4CC4)on3)nn2)c(C)c1C. The molecule has 0 aliphatic heterocycles. The van der Waals surface area contributed by atoms with E-state index in [-0.39, 0.29) is 5.91 Å². The van der Waals surface area contributed by atoms with Gasteiger partial charge in [-0.15, -0.1) is 10.2 Å². The normalized spacial score (nSPS) is 13.5. The molecule has 0 saturated heterocycles. The summed E-state index contributed by atoms with van der Waals surface area (Å²) in [6.07, 6.45) is 2.22. The molecular formula is C19H23N7O2. The number of rotatable bonds is 7. The van der Waals surface area contributed by atoms with E-state index in [1.165, 1.54) is 0 Å². The number of amides is 1. The molecule has 9 nitrogen and oxygen atoms in total. The highest BCUT2D eigenvalue weighted by atomic mass is 16.5. The van der Waals surface area contributed by atoms with Gasteiger partial charge in [-0.1, -0.05) is 5.16 Å². The fourth-order valence-corrected chi connectivity index (χ4v) is 2.89. The third-order valence-electron chi connectivity index (χ3n) is 4.98. The topological polar surface area (TPSA) is 111 Å². The van der Waals surface area contributed by atoms with Crippen LogP contribution in [0.3, 0.4) is 0 Å². The smallest absolute Gasteiger partial charge is 0.273 e. The number of anilines is 1. The van der Waals surface area contributed by atoms with Gasteiger partial charge in [0.1, 0.15) is 11.6 Å². The number of hydrogen-bond acceptors (Lipinski definition) is 7. The van der Waals surface area contributed by atoms with Crippen LogP contribution in [0.5, 0.6) is 0 Å². The molecule has 2 N–H and O–H groups in total. The van der Waals surface area contributed by atoms with Crippen molar-refractivity contribution in [3.8, 4) is 5.82 Å². The molecule has 3 heterocycles. The summed E-state index contributed by atoms with van der Waals surface area (Å²) >= 11 is 0. The van der Waals surface area contributed by atoms with E-state index in [1.807, 2.05) is 32.9 Å². The van der Waals surface area contributed by atoms with E-state index in [2.05, 4.69) is 31.1 Å². The summed E-state index contributed by atoms with van der Waals surface area (Å²) in [7, 11) is 0. The van der Waals surface area contributed by atoms with Crippen LogP contribution in [0.25, 0.3) is 5.82 Å². The zero-order valence-electron chi connectivity index (χ0n) is 16.2. The predicted molar refractivity (Wildman–Crippen MR) is 103 cm³/mol. The summed E-state index contributed by atoms with van der Waals surface area (Å²) in [4.78, 5) is 12.1. The first kappa shape index (κ1) is 18.1. The third-order valence-corrected chi connectivity index (χ3v) is 4.98. The Hall–Kier alpha value is -3.23. The van der Waals surface area contributed by atoms with E-state index in [1.54, 1.807) is 10.7 Å². The van der Waals surface area contributed by atoms with Crippen molar-refractivity contribution >= 4 is 11.7 Å². The Kier molecular flexibility index (Phi) is 4.81. The molecule has 0 atom stereocenters. The number of hydrogen-bond donors (Lipinski definition) is 2. The second-order valence-electron chi connectivity index (χ2n) is 7.06. The van der Waals surface area contributed by atoms with E-state index >= 15 is 0 Å². The summed E-state index contributed by atoms with van der Waals surface area (Å²) in [5.74, 6) is 2.31. The standard InChI is InChI=1S/C19H23N7O2/c1-11-12(2)24-26(13(11)3)18-7-6-17(22-23-18)20-8-9-21-19(27)15-10-16(28-25-15)14-4-5-14/h6-7,10,14H,4-5,8-9H2,1-3H3,(H,20,22)(H,21,27). The van der Waals surface area contributed by atoms with Crippen LogP contribution in [0.4, 0.5) is 5.82 Å². The van der Waals surface area contributed by atoms with Crippen LogP contribution in [-0.4, -0.2) is 44.1 Å². The van der Waals surface area contributed by atoms with Crippen molar-refractivity contribution in [3.05, 3.63) is 46.6 Å². The maximum Gasteiger partial charge on any atom is 0.273 e. The molecule has 3 aromatic heterocycles. The lowest BCUT2D eigenvalue weighted by Crippen LogP contribution is -2.29. The quantitative estimate of drug-likeness (QED) is 0.604. The molecule has 1 amide bonds. The van der Waals surface area contributed by atoms with Crippen LogP contribution in [-0.2, 0) is 0 Å². The van der Waals surface area contributed by atoms with Crippen LogP contribution >= 0.6 is 0 Å². The minimum atomic E-state index is -0.237. The fraction of sp³-hybridized carbons (Fsp3) is 0.421. The Morgan fingerprint density at radius 3 is 2.68 bits per heavy atom. The molecule has 1 saturated carbocycles. The summed E-state index contributed by atoms with van der Waals surface area (Å²) in [5, 5.41) is 22.7. The van der Waals surface area contributed by atoms with Gasteiger partial charge < -0.3 is 15.2 Å². The number of nitrogens with zero attached hydrogens (tertiary/aromatic N) is 5. The van der Waals surface area contributed by atoms with Gasteiger partial charge in [0, 0.05) is 30.8 Å². The summed E-state index contributed by atoms with van der Waals surface area (Å²) in [5.41, 5.74) is 3.50. The average molecular weight is 381 g/mol. The van der Waals surface area contributed by atoms with Gasteiger partial charge in [0.25, 0.3) is 5.91 Å². The maximum atomic E-state index is 12.1. The molecule has 0 aromatic carbocycles. The van der Waals surface area contributed by atoms with E-state index in [0.29, 0.717) is 36.3 Å². The van der Waals surface area contributed by atoms with Crippen molar-refractivity contribution in [1.82, 2.24) is 30.5 Å². The molecule has 0 bridgehead atoms. The highest BCUT2D eigenvalue weighted by Crippen LogP contribution is 2.40. The summed E-state index contributed by atoms with van der Waals surface area (Å²) < 4.78 is 6.99. The van der Waals surface area contributed by atoms with Crippen LogP contribution in [0, 0.1) is 20.8 Å². The molecule has 4 rings (SSSR count). The third kappa shape index (κ3) is 3.73. The Morgan fingerprint density at radius 1 is 1.21 bits per heavy atom. The van der Waals surface area contributed by atoms with Gasteiger partial charge in [0.2, 0.25) is 0 Å². The Bertz CT molecular complexity index is 986. The monoisotopic (exact) mass is 381 g/mol. The van der Waals surface area contributed by atoms with Crippen LogP contribution in [0.1, 0.15) is 52.0 Å². The lowest BCUT2D eigenvalue weighted by molar-refractivity contribution is 0.0946. The molecule has 0 spiro atoms. The van der Waals surface area contributed by atoms with Gasteiger partial charge in [-0.05, 0) is 51.3 Å². The van der Waals surface area contributed by atoms with Gasteiger partial charge in [-0.25, -0.2) is 4.68 Å². The van der Waals surface area contributed by atoms with Crippen molar-refractivity contribution in [2.75, 3.05) is 18.4 Å². The lowest BCUT2D eigenvalue weighted by Gasteiger charge is -2.07. The lowest BCUT2D eigenvalue weighted by atomic mass is 10.2. The molecule has 146 valence electrons. The zero-order valence-corrected chi connectivity index (χ0v) is 16.2. The fourth-order valence-electron chi connectivity index (χ4n) is 2.89. The molecule has 28 heavy (non-hydrogen) atoms. The van der Waals surface area contributed by atoms with Crippen LogP contribution < -0.4 is 10.6 Å². The number of carbonyl (C=O) groups excluding carboxylic acids is 1. The summed E-state index contributed by atoms with van der Waals surface area (Å²) in [6, 6.07) is 5.43. The van der Waals surface area contributed by atoms with Gasteiger partial charge in [0.05, 0.1) is 5.69 Å². The first-order valence-corrected chi connectivity index (χ1v) is 9.38. The molecule has 1 fully saturated rings. The Balaban J connectivity index is 1.26. The van der Waals surface area contributed by atoms with Crippen molar-refractivity contribution in [2.45, 2.75) is 39.5 Å². The van der Waals surface area contributed by atoms with E-state index < -0.39 is 0 Å². The summed E-state index contributed by atoms with van der Waals surface area (Å²) in [6.45, 7) is 6.98. The number of nitrogens with one attached hydrogen (secondary N) is 2. The van der Waals surface area contributed by atoms with Crippen molar-refractivity contribution in [3.63, 3.8) is 0 Å². The number of aromatic nitrogens is 5. The molecule has 1 aliphatic rings. The largest absolute Gasteiger partial charge is 0.367 e. The van der Waals surface area contributed by atoms with Gasteiger partial charge in [0.15, 0.2) is 11.5 Å². The van der Waals surface area contributed by atoms with E-state index in [4.69, 9.17) is 4.52 Å². The van der Waals surface area contributed by atoms with Crippen LogP contribution in [0.2, 0.25) is 0 Å². The van der Waals surface area contributed by atoms with Crippen molar-refractivity contribution in [1.29, 1.82) is 0 Å². The first-order chi connectivity index (χ1) is 13.5. The minimum absolute atomic E-state index is 0.237. The van der Waals surface area contributed by atoms with Crippen molar-refractivity contribution in [2.24, 2.45) is 0 Å². The molecular weight excluding hydrogens is 358 g/mol. The average Bonchev–Trinajstić information content (AvgIpc) is 3.38. The molecule has 0 radical (unpaired) electrons. The number of aryl methyl sites for hydroxylation is 1. The van der Waals surface area contributed by atoms with Gasteiger partial charge in [-0.3, -0.25) is 4.79 Å². The molecule has 0 unspecified atom stereocenters. The highest BCUT2D eigenvalue weighted by Gasteiger charge is 2.28. The maximum absolute atomic E-state index is 12.1. The zero-order chi connectivity index (χ0) is 19.7. The molecule has 3 aromatic rings. The predicted octanol–water partition coefficient (Wildman–Crippen LogP) is 2.29. The van der Waals surface area contributed by atoms with Gasteiger partial charge in [-0.2, -0.15) is 5.10 Å². The van der Waals surface area contributed by atoms with E-state index in [0.717, 1.165) is 35.6 Å². The van der Waals surface area contributed by atoms with E-state index in [9.17, 15) is 4.79 Å². The Morgan fingerprint density at radius 2 is 2.04 bits per heavy atom. The number of carbonyl (C=O) groups is 1. The molecule has 9 heteroatoms. The minimum Gasteiger partial charge on any atom is -0.367 e. The Labute approximate surface area is 162 Å². The second kappa shape index (κ2) is 7.41. The van der Waals surface area contributed by atoms with Crippen molar-refractivity contribution < 1.29 is 9.32 Å². The first-order valence-electron chi connectivity index (χ1n) is 9.38. The highest BCUT2D eigenvalue weighted by molar-refractivity contribution is 5.92. The van der Waals surface area contributed by atoms with Crippen LogP contribution in [0.15, 0.2) is 22.7 Å².